The number of esters is 1. The topological polar surface area (TPSA) is 48.4 Å². The van der Waals surface area contributed by atoms with Crippen LogP contribution in [0.25, 0.3) is 6.08 Å². The molecule has 0 amide bonds. The van der Waals surface area contributed by atoms with Crippen molar-refractivity contribution >= 4 is 12.0 Å². The van der Waals surface area contributed by atoms with Gasteiger partial charge in [0.25, 0.3) is 0 Å². The number of ether oxygens (including phenoxy) is 2. The van der Waals surface area contributed by atoms with Gasteiger partial charge in [-0.2, -0.15) is 0 Å². The van der Waals surface area contributed by atoms with E-state index >= 15 is 0 Å². The maximum absolute atomic E-state index is 11.5. The van der Waals surface area contributed by atoms with Crippen molar-refractivity contribution < 1.29 is 14.3 Å². The molecule has 1 spiro atoms. The lowest BCUT2D eigenvalue weighted by Gasteiger charge is -2.33. The van der Waals surface area contributed by atoms with Gasteiger partial charge in [0.15, 0.2) is 0 Å². The third-order valence-electron chi connectivity index (χ3n) is 4.41. The van der Waals surface area contributed by atoms with Crippen molar-refractivity contribution in [1.82, 2.24) is 4.98 Å². The van der Waals surface area contributed by atoms with Crippen LogP contribution < -0.4 is 4.74 Å². The zero-order chi connectivity index (χ0) is 14.2. The second-order valence-corrected chi connectivity index (χ2v) is 5.83. The van der Waals surface area contributed by atoms with Crippen LogP contribution in [0.4, 0.5) is 0 Å². The van der Waals surface area contributed by atoms with Crippen molar-refractivity contribution in [3.8, 4) is 5.75 Å². The number of methoxy groups -OCH3 is 2. The number of nitrogens with zero attached hydrogens (tertiary/aromatic N) is 1. The predicted octanol–water partition coefficient (Wildman–Crippen LogP) is 3.08. The van der Waals surface area contributed by atoms with Crippen molar-refractivity contribution in [1.29, 1.82) is 0 Å². The normalized spacial score (nSPS) is 19.9. The molecule has 4 heteroatoms. The molecule has 20 heavy (non-hydrogen) atoms. The molecule has 0 unspecified atom stereocenters. The smallest absolute Gasteiger partial charge is 0.356 e. The fourth-order valence-electron chi connectivity index (χ4n) is 2.99. The van der Waals surface area contributed by atoms with E-state index in [1.165, 1.54) is 32.8 Å². The van der Waals surface area contributed by atoms with Gasteiger partial charge in [-0.3, -0.25) is 0 Å². The summed E-state index contributed by atoms with van der Waals surface area (Å²) in [4.78, 5) is 15.6. The first-order valence-corrected chi connectivity index (χ1v) is 6.96. The molecule has 0 radical (unpaired) electrons. The SMILES string of the molecule is COC(=O)c1cc(/C=C/C2CC3(CC3)C2)c(OC)cn1. The molecule has 2 aliphatic rings. The van der Waals surface area contributed by atoms with Crippen LogP contribution in [-0.2, 0) is 4.74 Å². The van der Waals surface area contributed by atoms with Gasteiger partial charge in [-0.25, -0.2) is 9.78 Å². The van der Waals surface area contributed by atoms with Gasteiger partial charge in [-0.05, 0) is 43.1 Å². The molecule has 0 aliphatic heterocycles. The Balaban J connectivity index is 1.75. The zero-order valence-electron chi connectivity index (χ0n) is 11.9. The van der Waals surface area contributed by atoms with E-state index in [0.717, 1.165) is 5.56 Å². The Hall–Kier alpha value is -1.84. The molecule has 0 aromatic carbocycles. The Kier molecular flexibility index (Phi) is 3.24. The molecule has 3 rings (SSSR count). The number of hydrogen-bond donors (Lipinski definition) is 0. The lowest BCUT2D eigenvalue weighted by Crippen LogP contribution is -2.22. The molecular formula is C16H19NO3. The average molecular weight is 273 g/mol. The van der Waals surface area contributed by atoms with E-state index in [2.05, 4.69) is 11.1 Å². The molecular weight excluding hydrogens is 254 g/mol. The van der Waals surface area contributed by atoms with Crippen LogP contribution in [0.2, 0.25) is 0 Å². The molecule has 2 aliphatic carbocycles. The summed E-state index contributed by atoms with van der Waals surface area (Å²) in [5.74, 6) is 0.911. The van der Waals surface area contributed by atoms with Gasteiger partial charge >= 0.3 is 5.97 Å². The third kappa shape index (κ3) is 2.42. The second-order valence-electron chi connectivity index (χ2n) is 5.83. The van der Waals surface area contributed by atoms with Gasteiger partial charge in [0.1, 0.15) is 11.4 Å². The summed E-state index contributed by atoms with van der Waals surface area (Å²) in [5.41, 5.74) is 1.88. The number of allylic oxidation sites excluding steroid dienone is 1. The van der Waals surface area contributed by atoms with Gasteiger partial charge in [0, 0.05) is 5.56 Å². The molecule has 106 valence electrons. The second kappa shape index (κ2) is 4.93. The van der Waals surface area contributed by atoms with E-state index < -0.39 is 5.97 Å². The molecule has 0 bridgehead atoms. The summed E-state index contributed by atoms with van der Waals surface area (Å²) in [7, 11) is 2.96. The molecule has 0 atom stereocenters. The fraction of sp³-hybridized carbons (Fsp3) is 0.500. The predicted molar refractivity (Wildman–Crippen MR) is 75.6 cm³/mol. The summed E-state index contributed by atoms with van der Waals surface area (Å²) in [6.07, 6.45) is 11.2. The van der Waals surface area contributed by atoms with Crippen molar-refractivity contribution in [2.75, 3.05) is 14.2 Å². The van der Waals surface area contributed by atoms with Crippen LogP contribution in [0.3, 0.4) is 0 Å². The summed E-state index contributed by atoms with van der Waals surface area (Å²) in [6.45, 7) is 0. The number of carbonyl (C=O) groups excluding carboxylic acids is 1. The van der Waals surface area contributed by atoms with Gasteiger partial charge in [0.2, 0.25) is 0 Å². The Labute approximate surface area is 118 Å². The first-order valence-electron chi connectivity index (χ1n) is 6.96. The highest BCUT2D eigenvalue weighted by Gasteiger charge is 2.51. The quantitative estimate of drug-likeness (QED) is 0.791. The van der Waals surface area contributed by atoms with Crippen molar-refractivity contribution in [2.45, 2.75) is 25.7 Å². The minimum absolute atomic E-state index is 0.306. The standard InChI is InChI=1S/C16H19NO3/c1-19-14-10-17-13(15(18)20-2)7-12(14)4-3-11-8-16(9-11)5-6-16/h3-4,7,10-11H,5-6,8-9H2,1-2H3/b4-3+. The summed E-state index contributed by atoms with van der Waals surface area (Å²) >= 11 is 0. The van der Waals surface area contributed by atoms with Crippen LogP contribution >= 0.6 is 0 Å². The number of hydrogen-bond acceptors (Lipinski definition) is 4. The molecule has 0 N–H and O–H groups in total. The van der Waals surface area contributed by atoms with Crippen molar-refractivity contribution in [3.63, 3.8) is 0 Å². The van der Waals surface area contributed by atoms with Gasteiger partial charge < -0.3 is 9.47 Å². The number of pyridine rings is 1. The van der Waals surface area contributed by atoms with Crippen molar-refractivity contribution in [2.24, 2.45) is 11.3 Å². The van der Waals surface area contributed by atoms with Crippen LogP contribution in [0, 0.1) is 11.3 Å². The highest BCUT2D eigenvalue weighted by Crippen LogP contribution is 2.63. The summed E-state index contributed by atoms with van der Waals surface area (Å²) in [6, 6.07) is 1.72. The van der Waals surface area contributed by atoms with Gasteiger partial charge in [-0.1, -0.05) is 12.2 Å². The van der Waals surface area contributed by atoms with E-state index in [-0.39, 0.29) is 0 Å². The largest absolute Gasteiger partial charge is 0.495 e. The summed E-state index contributed by atoms with van der Waals surface area (Å²) < 4.78 is 9.98. The number of aromatic nitrogens is 1. The highest BCUT2D eigenvalue weighted by atomic mass is 16.5. The Morgan fingerprint density at radius 3 is 2.75 bits per heavy atom. The van der Waals surface area contributed by atoms with Crippen LogP contribution in [0.15, 0.2) is 18.3 Å². The molecule has 1 aromatic heterocycles. The lowest BCUT2D eigenvalue weighted by atomic mass is 9.72. The number of carbonyl (C=O) groups is 1. The van der Waals surface area contributed by atoms with E-state index in [4.69, 9.17) is 9.47 Å². The Morgan fingerprint density at radius 1 is 1.40 bits per heavy atom. The van der Waals surface area contributed by atoms with Crippen LogP contribution in [0.5, 0.6) is 5.75 Å². The molecule has 0 saturated heterocycles. The van der Waals surface area contributed by atoms with Crippen LogP contribution in [-0.4, -0.2) is 25.2 Å². The lowest BCUT2D eigenvalue weighted by molar-refractivity contribution is 0.0594. The third-order valence-corrected chi connectivity index (χ3v) is 4.41. The number of rotatable bonds is 4. The Bertz CT molecular complexity index is 553. The van der Waals surface area contributed by atoms with E-state index in [9.17, 15) is 4.79 Å². The highest BCUT2D eigenvalue weighted by molar-refractivity contribution is 5.88. The van der Waals surface area contributed by atoms with E-state index in [1.807, 2.05) is 6.08 Å². The maximum Gasteiger partial charge on any atom is 0.356 e. The van der Waals surface area contributed by atoms with Gasteiger partial charge in [-0.15, -0.1) is 0 Å². The fourth-order valence-corrected chi connectivity index (χ4v) is 2.99. The van der Waals surface area contributed by atoms with E-state index in [0.29, 0.717) is 22.8 Å². The first kappa shape index (κ1) is 13.2. The van der Waals surface area contributed by atoms with Crippen molar-refractivity contribution in [3.05, 3.63) is 29.6 Å². The molecule has 2 saturated carbocycles. The molecule has 1 aromatic rings. The monoisotopic (exact) mass is 273 g/mol. The first-order chi connectivity index (χ1) is 9.65. The summed E-state index contributed by atoms with van der Waals surface area (Å²) in [5, 5.41) is 0. The zero-order valence-corrected chi connectivity index (χ0v) is 11.9. The maximum atomic E-state index is 11.5. The van der Waals surface area contributed by atoms with Gasteiger partial charge in [0.05, 0.1) is 20.4 Å². The average Bonchev–Trinajstić information content (AvgIpc) is 3.23. The minimum atomic E-state index is -0.428. The molecule has 2 fully saturated rings. The molecule has 1 heterocycles. The minimum Gasteiger partial charge on any atom is -0.495 e. The van der Waals surface area contributed by atoms with E-state index in [1.54, 1.807) is 19.4 Å². The van der Waals surface area contributed by atoms with Crippen LogP contribution in [0.1, 0.15) is 41.7 Å². The molecule has 4 nitrogen and oxygen atoms in total. The Morgan fingerprint density at radius 2 is 2.15 bits per heavy atom.